The van der Waals surface area contributed by atoms with E-state index < -0.39 is 0 Å². The number of hydrogen-bond acceptors (Lipinski definition) is 5. The van der Waals surface area contributed by atoms with E-state index in [1.807, 2.05) is 30.5 Å². The molecule has 0 amide bonds. The van der Waals surface area contributed by atoms with Crippen LogP contribution in [0.5, 0.6) is 5.88 Å². The first kappa shape index (κ1) is 10.9. The molecule has 4 nitrogen and oxygen atoms in total. The van der Waals surface area contributed by atoms with E-state index in [0.717, 1.165) is 10.8 Å². The van der Waals surface area contributed by atoms with E-state index in [9.17, 15) is 0 Å². The Morgan fingerprint density at radius 3 is 3.12 bits per heavy atom. The average Bonchev–Trinajstić information content (AvgIpc) is 2.80. The Morgan fingerprint density at radius 2 is 2.38 bits per heavy atom. The van der Waals surface area contributed by atoms with Gasteiger partial charge in [0, 0.05) is 17.6 Å². The van der Waals surface area contributed by atoms with Gasteiger partial charge in [0.05, 0.1) is 13.2 Å². The number of nitrogens with one attached hydrogen (secondary N) is 1. The van der Waals surface area contributed by atoms with Crippen LogP contribution in [0.1, 0.15) is 11.9 Å². The largest absolute Gasteiger partial charge is 0.478 e. The Balaban J connectivity index is 1.96. The second kappa shape index (κ2) is 5.46. The fourth-order valence-electron chi connectivity index (χ4n) is 1.25. The topological polar surface area (TPSA) is 47.0 Å². The zero-order chi connectivity index (χ0) is 11.2. The minimum Gasteiger partial charge on any atom is -0.478 e. The predicted molar refractivity (Wildman–Crippen MR) is 64.8 cm³/mol. The van der Waals surface area contributed by atoms with Gasteiger partial charge in [-0.05, 0) is 13.0 Å². The molecule has 0 spiro atoms. The summed E-state index contributed by atoms with van der Waals surface area (Å²) in [4.78, 5) is 8.49. The van der Waals surface area contributed by atoms with Crippen molar-refractivity contribution < 1.29 is 4.74 Å². The van der Waals surface area contributed by atoms with Crippen molar-refractivity contribution in [1.82, 2.24) is 9.97 Å². The Kier molecular flexibility index (Phi) is 3.71. The van der Waals surface area contributed by atoms with Crippen molar-refractivity contribution in [3.05, 3.63) is 34.8 Å². The van der Waals surface area contributed by atoms with Crippen molar-refractivity contribution in [2.45, 2.75) is 13.5 Å². The van der Waals surface area contributed by atoms with E-state index in [2.05, 4.69) is 15.3 Å². The molecule has 2 aromatic heterocycles. The molecule has 0 aliphatic carbocycles. The van der Waals surface area contributed by atoms with Crippen molar-refractivity contribution in [3.63, 3.8) is 0 Å². The van der Waals surface area contributed by atoms with Crippen LogP contribution in [-0.2, 0) is 6.54 Å². The van der Waals surface area contributed by atoms with Gasteiger partial charge in [-0.2, -0.15) is 4.98 Å². The van der Waals surface area contributed by atoms with Gasteiger partial charge < -0.3 is 10.1 Å². The SMILES string of the molecule is CCOc1cccc(NCc2nccs2)n1. The number of hydrogen-bond donors (Lipinski definition) is 1. The molecule has 0 saturated carbocycles. The summed E-state index contributed by atoms with van der Waals surface area (Å²) in [6, 6.07) is 5.68. The lowest BCUT2D eigenvalue weighted by Crippen LogP contribution is -2.02. The molecule has 2 rings (SSSR count). The lowest BCUT2D eigenvalue weighted by atomic mass is 10.4. The molecular formula is C11H13N3OS. The summed E-state index contributed by atoms with van der Waals surface area (Å²) in [5, 5.41) is 6.21. The Morgan fingerprint density at radius 1 is 1.44 bits per heavy atom. The van der Waals surface area contributed by atoms with Gasteiger partial charge in [-0.25, -0.2) is 4.98 Å². The number of aromatic nitrogens is 2. The van der Waals surface area contributed by atoms with Gasteiger partial charge >= 0.3 is 0 Å². The van der Waals surface area contributed by atoms with E-state index >= 15 is 0 Å². The van der Waals surface area contributed by atoms with Gasteiger partial charge in [-0.3, -0.25) is 0 Å². The molecule has 84 valence electrons. The number of nitrogens with zero attached hydrogens (tertiary/aromatic N) is 2. The summed E-state index contributed by atoms with van der Waals surface area (Å²) in [7, 11) is 0. The number of rotatable bonds is 5. The summed E-state index contributed by atoms with van der Waals surface area (Å²) in [5.74, 6) is 1.45. The van der Waals surface area contributed by atoms with Crippen LogP contribution in [0, 0.1) is 0 Å². The van der Waals surface area contributed by atoms with E-state index in [0.29, 0.717) is 19.0 Å². The molecule has 0 unspecified atom stereocenters. The third-order valence-corrected chi connectivity index (χ3v) is 2.70. The fraction of sp³-hybridized carbons (Fsp3) is 0.273. The van der Waals surface area contributed by atoms with Crippen LogP contribution < -0.4 is 10.1 Å². The molecule has 2 aromatic rings. The normalized spacial score (nSPS) is 10.1. The number of thiazole rings is 1. The first-order valence-electron chi connectivity index (χ1n) is 5.10. The summed E-state index contributed by atoms with van der Waals surface area (Å²) in [5.41, 5.74) is 0. The predicted octanol–water partition coefficient (Wildman–Crippen LogP) is 2.55. The second-order valence-electron chi connectivity index (χ2n) is 3.07. The van der Waals surface area contributed by atoms with Gasteiger partial charge in [0.25, 0.3) is 0 Å². The zero-order valence-electron chi connectivity index (χ0n) is 9.01. The number of ether oxygens (including phenoxy) is 1. The molecule has 0 atom stereocenters. The standard InChI is InChI=1S/C11H13N3OS/c1-2-15-10-5-3-4-9(14-10)13-8-11-12-6-7-16-11/h3-7H,2,8H2,1H3,(H,13,14). The van der Waals surface area contributed by atoms with Crippen LogP contribution in [0.15, 0.2) is 29.8 Å². The van der Waals surface area contributed by atoms with E-state index in [4.69, 9.17) is 4.74 Å². The van der Waals surface area contributed by atoms with Crippen LogP contribution in [-0.4, -0.2) is 16.6 Å². The second-order valence-corrected chi connectivity index (χ2v) is 4.05. The Labute approximate surface area is 98.3 Å². The van der Waals surface area contributed by atoms with Crippen LogP contribution in [0.3, 0.4) is 0 Å². The summed E-state index contributed by atoms with van der Waals surface area (Å²) in [6.07, 6.45) is 1.80. The fourth-order valence-corrected chi connectivity index (χ4v) is 1.80. The third kappa shape index (κ3) is 2.93. The monoisotopic (exact) mass is 235 g/mol. The molecule has 0 radical (unpaired) electrons. The van der Waals surface area contributed by atoms with Crippen LogP contribution in [0.25, 0.3) is 0 Å². The molecule has 5 heteroatoms. The molecule has 0 aliphatic rings. The first-order chi connectivity index (χ1) is 7.88. The molecule has 0 aromatic carbocycles. The minimum absolute atomic E-state index is 0.628. The summed E-state index contributed by atoms with van der Waals surface area (Å²) < 4.78 is 5.32. The van der Waals surface area contributed by atoms with Gasteiger partial charge in [0.2, 0.25) is 5.88 Å². The maximum absolute atomic E-state index is 5.32. The van der Waals surface area contributed by atoms with Gasteiger partial charge in [-0.1, -0.05) is 6.07 Å². The van der Waals surface area contributed by atoms with E-state index in [1.54, 1.807) is 17.5 Å². The van der Waals surface area contributed by atoms with Crippen molar-refractivity contribution in [3.8, 4) is 5.88 Å². The van der Waals surface area contributed by atoms with Crippen molar-refractivity contribution in [1.29, 1.82) is 0 Å². The highest BCUT2D eigenvalue weighted by molar-refractivity contribution is 7.09. The number of pyridine rings is 1. The molecular weight excluding hydrogens is 222 g/mol. The lowest BCUT2D eigenvalue weighted by molar-refractivity contribution is 0.327. The molecule has 16 heavy (non-hydrogen) atoms. The summed E-state index contributed by atoms with van der Waals surface area (Å²) >= 11 is 1.62. The third-order valence-electron chi connectivity index (χ3n) is 1.92. The highest BCUT2D eigenvalue weighted by Gasteiger charge is 1.99. The molecule has 0 fully saturated rings. The van der Waals surface area contributed by atoms with Crippen molar-refractivity contribution >= 4 is 17.2 Å². The highest BCUT2D eigenvalue weighted by Crippen LogP contribution is 2.13. The summed E-state index contributed by atoms with van der Waals surface area (Å²) in [6.45, 7) is 3.26. The average molecular weight is 235 g/mol. The Bertz CT molecular complexity index is 431. The van der Waals surface area contributed by atoms with Crippen molar-refractivity contribution in [2.24, 2.45) is 0 Å². The molecule has 2 heterocycles. The van der Waals surface area contributed by atoms with Crippen molar-refractivity contribution in [2.75, 3.05) is 11.9 Å². The smallest absolute Gasteiger partial charge is 0.215 e. The van der Waals surface area contributed by atoms with E-state index in [-0.39, 0.29) is 0 Å². The first-order valence-corrected chi connectivity index (χ1v) is 5.98. The molecule has 1 N–H and O–H groups in total. The quantitative estimate of drug-likeness (QED) is 0.865. The minimum atomic E-state index is 0.628. The molecule has 0 saturated heterocycles. The number of anilines is 1. The van der Waals surface area contributed by atoms with Gasteiger partial charge in [0.15, 0.2) is 0 Å². The van der Waals surface area contributed by atoms with Gasteiger partial charge in [-0.15, -0.1) is 11.3 Å². The Hall–Kier alpha value is -1.62. The molecule has 0 aliphatic heterocycles. The van der Waals surface area contributed by atoms with E-state index in [1.165, 1.54) is 0 Å². The maximum Gasteiger partial charge on any atom is 0.215 e. The lowest BCUT2D eigenvalue weighted by Gasteiger charge is -2.06. The highest BCUT2D eigenvalue weighted by atomic mass is 32.1. The van der Waals surface area contributed by atoms with Crippen LogP contribution in [0.2, 0.25) is 0 Å². The maximum atomic E-state index is 5.32. The van der Waals surface area contributed by atoms with Crippen LogP contribution in [0.4, 0.5) is 5.82 Å². The molecule has 0 bridgehead atoms. The van der Waals surface area contributed by atoms with Crippen LogP contribution >= 0.6 is 11.3 Å². The zero-order valence-corrected chi connectivity index (χ0v) is 9.83. The van der Waals surface area contributed by atoms with Gasteiger partial charge in [0.1, 0.15) is 10.8 Å².